The van der Waals surface area contributed by atoms with Gasteiger partial charge in [-0.25, -0.2) is 12.7 Å². The number of methoxy groups -OCH3 is 1. The van der Waals surface area contributed by atoms with Crippen LogP contribution in [0.5, 0.6) is 5.75 Å². The van der Waals surface area contributed by atoms with E-state index in [4.69, 9.17) is 9.15 Å². The van der Waals surface area contributed by atoms with E-state index in [9.17, 15) is 13.2 Å². The van der Waals surface area contributed by atoms with Crippen molar-refractivity contribution < 1.29 is 22.4 Å². The molecule has 1 N–H and O–H groups in total. The second-order valence-corrected chi connectivity index (χ2v) is 9.52. The van der Waals surface area contributed by atoms with Gasteiger partial charge in [-0.15, -0.1) is 0 Å². The number of hydrogen-bond acceptors (Lipinski definition) is 5. The molecule has 0 saturated carbocycles. The van der Waals surface area contributed by atoms with Crippen LogP contribution >= 0.6 is 0 Å². The van der Waals surface area contributed by atoms with Crippen LogP contribution in [0.2, 0.25) is 0 Å². The van der Waals surface area contributed by atoms with Gasteiger partial charge >= 0.3 is 0 Å². The Balaban J connectivity index is 1.75. The minimum absolute atomic E-state index is 0.0490. The molecule has 1 aromatic heterocycles. The average molecular weight is 439 g/mol. The zero-order valence-corrected chi connectivity index (χ0v) is 18.4. The molecule has 31 heavy (non-hydrogen) atoms. The fourth-order valence-electron chi connectivity index (χ4n) is 3.42. The number of para-hydroxylation sites is 1. The number of hydrogen-bond donors (Lipinski definition) is 1. The first-order valence-electron chi connectivity index (χ1n) is 9.56. The maximum Gasteiger partial charge on any atom is 0.256 e. The van der Waals surface area contributed by atoms with Gasteiger partial charge in [-0.3, -0.25) is 4.79 Å². The van der Waals surface area contributed by atoms with Crippen LogP contribution in [0.4, 0.5) is 5.69 Å². The summed E-state index contributed by atoms with van der Waals surface area (Å²) in [5, 5.41) is 4.66. The van der Waals surface area contributed by atoms with Crippen LogP contribution in [0.25, 0.3) is 21.9 Å². The fraction of sp³-hybridized carbons (Fsp3) is 0.174. The van der Waals surface area contributed by atoms with Gasteiger partial charge in [-0.1, -0.05) is 24.3 Å². The molecular weight excluding hydrogens is 416 g/mol. The summed E-state index contributed by atoms with van der Waals surface area (Å²) in [7, 11) is 0.751. The van der Waals surface area contributed by atoms with Crippen molar-refractivity contribution in [1.82, 2.24) is 4.31 Å². The Bertz CT molecular complexity index is 1420. The zero-order chi connectivity index (χ0) is 22.3. The second-order valence-electron chi connectivity index (χ2n) is 7.37. The lowest BCUT2D eigenvalue weighted by Gasteiger charge is -2.15. The normalized spacial score (nSPS) is 11.9. The standard InChI is InChI=1S/C23H22N2O5S/c1-14-9-10-15(31(27,28)25(2)3)11-17(14)23(26)24-19-13-21-18(12-22(19)29-4)16-7-5-6-8-20(16)30-21/h5-13H,1-4H3,(H,24,26). The van der Waals surface area contributed by atoms with E-state index in [1.807, 2.05) is 30.3 Å². The van der Waals surface area contributed by atoms with E-state index in [1.54, 1.807) is 19.1 Å². The third kappa shape index (κ3) is 3.64. The molecule has 1 heterocycles. The van der Waals surface area contributed by atoms with Crippen molar-refractivity contribution in [2.75, 3.05) is 26.5 Å². The molecule has 0 radical (unpaired) electrons. The first kappa shape index (κ1) is 20.9. The summed E-state index contributed by atoms with van der Waals surface area (Å²) in [6.07, 6.45) is 0. The summed E-state index contributed by atoms with van der Waals surface area (Å²) in [4.78, 5) is 13.1. The molecule has 1 amide bonds. The molecule has 0 fully saturated rings. The molecule has 0 aliphatic heterocycles. The van der Waals surface area contributed by atoms with Crippen molar-refractivity contribution in [2.24, 2.45) is 0 Å². The Labute approximate surface area is 180 Å². The number of rotatable bonds is 5. The number of anilines is 1. The number of ether oxygens (including phenoxy) is 1. The van der Waals surface area contributed by atoms with Gasteiger partial charge in [0.1, 0.15) is 16.9 Å². The van der Waals surface area contributed by atoms with Gasteiger partial charge in [-0.05, 0) is 36.8 Å². The minimum atomic E-state index is -3.67. The van der Waals surface area contributed by atoms with E-state index in [1.165, 1.54) is 33.3 Å². The van der Waals surface area contributed by atoms with Gasteiger partial charge < -0.3 is 14.5 Å². The quantitative estimate of drug-likeness (QED) is 0.499. The summed E-state index contributed by atoms with van der Waals surface area (Å²) in [6, 6.07) is 15.7. The highest BCUT2D eigenvalue weighted by Crippen LogP contribution is 2.36. The number of carbonyl (C=O) groups excluding carboxylic acids is 1. The Morgan fingerprint density at radius 1 is 1.00 bits per heavy atom. The predicted molar refractivity (Wildman–Crippen MR) is 120 cm³/mol. The summed E-state index contributed by atoms with van der Waals surface area (Å²) >= 11 is 0. The first-order chi connectivity index (χ1) is 14.7. The minimum Gasteiger partial charge on any atom is -0.495 e. The molecule has 0 unspecified atom stereocenters. The van der Waals surface area contributed by atoms with E-state index >= 15 is 0 Å². The Morgan fingerprint density at radius 3 is 2.45 bits per heavy atom. The lowest BCUT2D eigenvalue weighted by molar-refractivity contribution is 0.102. The topological polar surface area (TPSA) is 88.8 Å². The lowest BCUT2D eigenvalue weighted by Crippen LogP contribution is -2.23. The van der Waals surface area contributed by atoms with E-state index in [0.717, 1.165) is 20.7 Å². The third-order valence-corrected chi connectivity index (χ3v) is 6.99. The van der Waals surface area contributed by atoms with E-state index in [2.05, 4.69) is 5.32 Å². The number of aryl methyl sites for hydroxylation is 1. The van der Waals surface area contributed by atoms with E-state index < -0.39 is 15.9 Å². The van der Waals surface area contributed by atoms with Crippen molar-refractivity contribution in [3.8, 4) is 5.75 Å². The summed E-state index contributed by atoms with van der Waals surface area (Å²) in [5.41, 5.74) is 2.69. The Hall–Kier alpha value is -3.36. The summed E-state index contributed by atoms with van der Waals surface area (Å²) in [6.45, 7) is 1.75. The number of benzene rings is 3. The van der Waals surface area contributed by atoms with Crippen LogP contribution in [0.15, 0.2) is 63.9 Å². The highest BCUT2D eigenvalue weighted by Gasteiger charge is 2.21. The van der Waals surface area contributed by atoms with Crippen molar-refractivity contribution in [2.45, 2.75) is 11.8 Å². The highest BCUT2D eigenvalue weighted by molar-refractivity contribution is 7.89. The molecule has 4 rings (SSSR count). The molecular formula is C23H22N2O5S. The number of fused-ring (bicyclic) bond motifs is 3. The molecule has 8 heteroatoms. The molecule has 0 bridgehead atoms. The van der Waals surface area contributed by atoms with Gasteiger partial charge in [-0.2, -0.15) is 0 Å². The summed E-state index contributed by atoms with van der Waals surface area (Å²) < 4.78 is 37.4. The second kappa shape index (κ2) is 7.72. The maximum absolute atomic E-state index is 13.1. The Kier molecular flexibility index (Phi) is 5.20. The first-order valence-corrected chi connectivity index (χ1v) is 11.0. The third-order valence-electron chi connectivity index (χ3n) is 5.18. The molecule has 0 aliphatic rings. The summed E-state index contributed by atoms with van der Waals surface area (Å²) in [5.74, 6) is 0.0317. The number of nitrogens with one attached hydrogen (secondary N) is 1. The maximum atomic E-state index is 13.1. The van der Waals surface area contributed by atoms with Gasteiger partial charge in [0.15, 0.2) is 0 Å². The van der Waals surface area contributed by atoms with E-state index in [-0.39, 0.29) is 10.5 Å². The van der Waals surface area contributed by atoms with Crippen molar-refractivity contribution in [3.63, 3.8) is 0 Å². The number of carbonyl (C=O) groups is 1. The van der Waals surface area contributed by atoms with Crippen LogP contribution in [0.3, 0.4) is 0 Å². The average Bonchev–Trinajstić information content (AvgIpc) is 3.10. The lowest BCUT2D eigenvalue weighted by atomic mass is 10.1. The fourth-order valence-corrected chi connectivity index (χ4v) is 4.35. The molecule has 0 spiro atoms. The molecule has 0 aliphatic carbocycles. The number of furan rings is 1. The van der Waals surface area contributed by atoms with Crippen molar-refractivity contribution in [1.29, 1.82) is 0 Å². The molecule has 4 aromatic rings. The van der Waals surface area contributed by atoms with Crippen LogP contribution in [-0.2, 0) is 10.0 Å². The van der Waals surface area contributed by atoms with Crippen molar-refractivity contribution >= 4 is 43.6 Å². The molecule has 160 valence electrons. The van der Waals surface area contributed by atoms with Crippen LogP contribution in [-0.4, -0.2) is 39.8 Å². The van der Waals surface area contributed by atoms with E-state index in [0.29, 0.717) is 22.6 Å². The number of sulfonamides is 1. The molecule has 7 nitrogen and oxygen atoms in total. The zero-order valence-electron chi connectivity index (χ0n) is 17.6. The number of nitrogens with zero attached hydrogens (tertiary/aromatic N) is 1. The Morgan fingerprint density at radius 2 is 1.74 bits per heavy atom. The SMILES string of the molecule is COc1cc2c(cc1NC(=O)c1cc(S(=O)(=O)N(C)C)ccc1C)oc1ccccc12. The van der Waals surface area contributed by atoms with Crippen LogP contribution in [0.1, 0.15) is 15.9 Å². The number of amides is 1. The van der Waals surface area contributed by atoms with Gasteiger partial charge in [0.25, 0.3) is 5.91 Å². The molecule has 3 aromatic carbocycles. The monoisotopic (exact) mass is 438 g/mol. The van der Waals surface area contributed by atoms with Gasteiger partial charge in [0, 0.05) is 36.5 Å². The van der Waals surface area contributed by atoms with Gasteiger partial charge in [0.05, 0.1) is 17.7 Å². The van der Waals surface area contributed by atoms with Crippen molar-refractivity contribution in [3.05, 3.63) is 65.7 Å². The highest BCUT2D eigenvalue weighted by atomic mass is 32.2. The predicted octanol–water partition coefficient (Wildman–Crippen LogP) is 4.41. The smallest absolute Gasteiger partial charge is 0.256 e. The van der Waals surface area contributed by atoms with Crippen LogP contribution in [0, 0.1) is 6.92 Å². The molecule has 0 atom stereocenters. The van der Waals surface area contributed by atoms with Gasteiger partial charge in [0.2, 0.25) is 10.0 Å². The molecule has 0 saturated heterocycles. The van der Waals surface area contributed by atoms with Crippen LogP contribution < -0.4 is 10.1 Å². The largest absolute Gasteiger partial charge is 0.495 e.